The Morgan fingerprint density at radius 2 is 1.76 bits per heavy atom. The summed E-state index contributed by atoms with van der Waals surface area (Å²) < 4.78 is 0. The molecule has 0 spiro atoms. The van der Waals surface area contributed by atoms with Crippen LogP contribution in [0.2, 0.25) is 5.02 Å². The van der Waals surface area contributed by atoms with Crippen molar-refractivity contribution >= 4 is 28.6 Å². The molecule has 1 aliphatic rings. The number of halogens is 1. The number of benzene rings is 2. The summed E-state index contributed by atoms with van der Waals surface area (Å²) >= 11 is 6.05. The number of H-pyrrole nitrogens is 1. The van der Waals surface area contributed by atoms with Crippen LogP contribution in [0.4, 0.5) is 5.82 Å². The van der Waals surface area contributed by atoms with E-state index in [2.05, 4.69) is 62.1 Å². The molecule has 7 heteroatoms. The van der Waals surface area contributed by atoms with Crippen molar-refractivity contribution in [1.82, 2.24) is 25.7 Å². The van der Waals surface area contributed by atoms with Crippen molar-refractivity contribution < 1.29 is 0 Å². The zero-order valence-corrected chi connectivity index (χ0v) is 19.3. The fraction of sp³-hybridized carbons (Fsp3) is 0.346. The maximum Gasteiger partial charge on any atom is 0.203 e. The molecule has 1 saturated carbocycles. The van der Waals surface area contributed by atoms with Crippen molar-refractivity contribution in [3.8, 4) is 0 Å². The third-order valence-electron chi connectivity index (χ3n) is 6.85. The van der Waals surface area contributed by atoms with Crippen molar-refractivity contribution in [2.24, 2.45) is 0 Å². The van der Waals surface area contributed by atoms with Crippen LogP contribution in [0.15, 0.2) is 60.7 Å². The standard InChI is InChI=1S/C26H29ClN6/c27-20-10-6-17(7-11-20)18-8-12-21(13-9-18)29-15-14-22(19-4-2-1-3-5-19)23-16-24(28)30-26-25(23)31-33-32-26/h1-7,10-11,16,18,21-22,29H,8-9,12-15H2,(H3,28,30,31,32,33). The van der Waals surface area contributed by atoms with Crippen molar-refractivity contribution in [3.05, 3.63) is 82.4 Å². The van der Waals surface area contributed by atoms with Crippen LogP contribution in [0.25, 0.3) is 11.2 Å². The monoisotopic (exact) mass is 460 g/mol. The highest BCUT2D eigenvalue weighted by molar-refractivity contribution is 6.30. The summed E-state index contributed by atoms with van der Waals surface area (Å²) in [7, 11) is 0. The fourth-order valence-corrected chi connectivity index (χ4v) is 5.26. The third-order valence-corrected chi connectivity index (χ3v) is 7.11. The van der Waals surface area contributed by atoms with E-state index in [-0.39, 0.29) is 5.92 Å². The molecule has 1 fully saturated rings. The van der Waals surface area contributed by atoms with Gasteiger partial charge in [-0.2, -0.15) is 10.3 Å². The van der Waals surface area contributed by atoms with E-state index in [1.807, 2.05) is 24.3 Å². The molecule has 2 aromatic carbocycles. The van der Waals surface area contributed by atoms with Crippen LogP contribution in [0.1, 0.15) is 60.6 Å². The maximum absolute atomic E-state index is 6.10. The summed E-state index contributed by atoms with van der Waals surface area (Å²) in [4.78, 5) is 4.31. The van der Waals surface area contributed by atoms with E-state index in [9.17, 15) is 0 Å². The SMILES string of the molecule is Nc1cc(C(CCNC2CCC(c3ccc(Cl)cc3)CC2)c2ccccc2)c2n[nH]nc2n1. The van der Waals surface area contributed by atoms with Gasteiger partial charge in [0.05, 0.1) is 0 Å². The van der Waals surface area contributed by atoms with Gasteiger partial charge in [-0.25, -0.2) is 4.98 Å². The van der Waals surface area contributed by atoms with Crippen LogP contribution in [-0.2, 0) is 0 Å². The van der Waals surface area contributed by atoms with E-state index >= 15 is 0 Å². The lowest BCUT2D eigenvalue weighted by atomic mass is 9.81. The molecule has 170 valence electrons. The second-order valence-electron chi connectivity index (χ2n) is 8.94. The van der Waals surface area contributed by atoms with Crippen LogP contribution in [0, 0.1) is 0 Å². The van der Waals surface area contributed by atoms with Gasteiger partial charge in [0.15, 0.2) is 0 Å². The number of hydrogen-bond donors (Lipinski definition) is 3. The van der Waals surface area contributed by atoms with Gasteiger partial charge in [0.1, 0.15) is 11.3 Å². The van der Waals surface area contributed by atoms with E-state index in [0.29, 0.717) is 23.4 Å². The number of nitrogens with zero attached hydrogens (tertiary/aromatic N) is 3. The predicted molar refractivity (Wildman–Crippen MR) is 133 cm³/mol. The van der Waals surface area contributed by atoms with E-state index in [1.54, 1.807) is 0 Å². The molecule has 0 radical (unpaired) electrons. The van der Waals surface area contributed by atoms with E-state index < -0.39 is 0 Å². The number of aromatic amines is 1. The van der Waals surface area contributed by atoms with Crippen LogP contribution in [0.5, 0.6) is 0 Å². The van der Waals surface area contributed by atoms with Gasteiger partial charge in [0, 0.05) is 17.0 Å². The molecule has 0 aliphatic heterocycles. The number of nitrogens with two attached hydrogens (primary N) is 1. The highest BCUT2D eigenvalue weighted by atomic mass is 35.5. The molecule has 1 aliphatic carbocycles. The number of pyridine rings is 1. The number of nitrogen functional groups attached to an aromatic ring is 1. The topological polar surface area (TPSA) is 92.5 Å². The molecular weight excluding hydrogens is 432 g/mol. The minimum absolute atomic E-state index is 0.169. The molecule has 2 heterocycles. The highest BCUT2D eigenvalue weighted by Gasteiger charge is 2.24. The van der Waals surface area contributed by atoms with Gasteiger partial charge in [-0.3, -0.25) is 0 Å². The molecule has 0 bridgehead atoms. The van der Waals surface area contributed by atoms with Gasteiger partial charge in [-0.1, -0.05) is 54.1 Å². The molecule has 4 aromatic rings. The Bertz CT molecular complexity index is 1180. The minimum Gasteiger partial charge on any atom is -0.384 e. The summed E-state index contributed by atoms with van der Waals surface area (Å²) in [5.74, 6) is 1.28. The predicted octanol–water partition coefficient (Wildman–Crippen LogP) is 5.43. The molecule has 6 nitrogen and oxygen atoms in total. The Morgan fingerprint density at radius 3 is 2.52 bits per heavy atom. The summed E-state index contributed by atoms with van der Waals surface area (Å²) in [6.07, 6.45) is 5.76. The summed E-state index contributed by atoms with van der Waals surface area (Å²) in [6, 6.07) is 21.4. The Morgan fingerprint density at radius 1 is 1.00 bits per heavy atom. The summed E-state index contributed by atoms with van der Waals surface area (Å²) in [5.41, 5.74) is 11.2. The number of hydrogen-bond acceptors (Lipinski definition) is 5. The van der Waals surface area contributed by atoms with Gasteiger partial charge < -0.3 is 11.1 Å². The van der Waals surface area contributed by atoms with Crippen molar-refractivity contribution in [2.75, 3.05) is 12.3 Å². The first-order valence-corrected chi connectivity index (χ1v) is 12.1. The Balaban J connectivity index is 1.25. The molecule has 4 N–H and O–H groups in total. The lowest BCUT2D eigenvalue weighted by Crippen LogP contribution is -2.34. The van der Waals surface area contributed by atoms with Crippen LogP contribution < -0.4 is 11.1 Å². The second-order valence-corrected chi connectivity index (χ2v) is 9.37. The van der Waals surface area contributed by atoms with E-state index in [0.717, 1.165) is 29.1 Å². The van der Waals surface area contributed by atoms with Gasteiger partial charge in [0.25, 0.3) is 0 Å². The lowest BCUT2D eigenvalue weighted by Gasteiger charge is -2.30. The van der Waals surface area contributed by atoms with Gasteiger partial charge in [-0.15, -0.1) is 5.10 Å². The smallest absolute Gasteiger partial charge is 0.203 e. The third kappa shape index (κ3) is 5.02. The van der Waals surface area contributed by atoms with Gasteiger partial charge >= 0.3 is 0 Å². The normalized spacial score (nSPS) is 19.5. The highest BCUT2D eigenvalue weighted by Crippen LogP contribution is 2.35. The molecule has 0 amide bonds. The summed E-state index contributed by atoms with van der Waals surface area (Å²) in [5, 5.41) is 15.8. The molecule has 2 aromatic heterocycles. The number of anilines is 1. The number of aromatic nitrogens is 4. The Labute approximate surface area is 199 Å². The average molecular weight is 461 g/mol. The molecule has 5 rings (SSSR count). The molecule has 0 saturated heterocycles. The maximum atomic E-state index is 6.10. The zero-order valence-electron chi connectivity index (χ0n) is 18.5. The Hall–Kier alpha value is -2.96. The average Bonchev–Trinajstić information content (AvgIpc) is 3.31. The van der Waals surface area contributed by atoms with Crippen molar-refractivity contribution in [2.45, 2.75) is 50.0 Å². The van der Waals surface area contributed by atoms with E-state index in [4.69, 9.17) is 17.3 Å². The first kappa shape index (κ1) is 21.9. The first-order valence-electron chi connectivity index (χ1n) is 11.7. The lowest BCUT2D eigenvalue weighted by molar-refractivity contribution is 0.340. The van der Waals surface area contributed by atoms with Gasteiger partial charge in [0.2, 0.25) is 5.65 Å². The van der Waals surface area contributed by atoms with Gasteiger partial charge in [-0.05, 0) is 79.5 Å². The minimum atomic E-state index is 0.169. The molecule has 1 unspecified atom stereocenters. The van der Waals surface area contributed by atoms with Crippen LogP contribution >= 0.6 is 11.6 Å². The van der Waals surface area contributed by atoms with E-state index in [1.165, 1.54) is 36.8 Å². The van der Waals surface area contributed by atoms with Crippen molar-refractivity contribution in [1.29, 1.82) is 0 Å². The van der Waals surface area contributed by atoms with Crippen LogP contribution in [0.3, 0.4) is 0 Å². The molecule has 1 atom stereocenters. The quantitative estimate of drug-likeness (QED) is 0.342. The zero-order chi connectivity index (χ0) is 22.6. The molecule has 33 heavy (non-hydrogen) atoms. The van der Waals surface area contributed by atoms with Crippen molar-refractivity contribution in [3.63, 3.8) is 0 Å². The second kappa shape index (κ2) is 9.89. The first-order chi connectivity index (χ1) is 16.2. The molecular formula is C26H29ClN6. The number of rotatable bonds is 7. The number of fused-ring (bicyclic) bond motifs is 1. The fourth-order valence-electron chi connectivity index (χ4n) is 5.13. The largest absolute Gasteiger partial charge is 0.384 e. The van der Waals surface area contributed by atoms with Crippen LogP contribution in [-0.4, -0.2) is 33.0 Å². The summed E-state index contributed by atoms with van der Waals surface area (Å²) in [6.45, 7) is 0.928. The Kier molecular flexibility index (Phi) is 6.55. The number of nitrogens with one attached hydrogen (secondary N) is 2.